The van der Waals surface area contributed by atoms with Crippen LogP contribution in [0, 0.1) is 12.8 Å². The first-order valence-corrected chi connectivity index (χ1v) is 11.2. The molecule has 0 aromatic heterocycles. The first-order valence-electron chi connectivity index (χ1n) is 10.8. The summed E-state index contributed by atoms with van der Waals surface area (Å²) in [5.74, 6) is 0.713. The zero-order valence-electron chi connectivity index (χ0n) is 17.7. The maximum absolute atomic E-state index is 13.7. The molecule has 1 unspecified atom stereocenters. The van der Waals surface area contributed by atoms with Crippen LogP contribution in [0.2, 0.25) is 5.02 Å². The van der Waals surface area contributed by atoms with Crippen molar-refractivity contribution < 1.29 is 9.59 Å². The fourth-order valence-electron chi connectivity index (χ4n) is 4.67. The summed E-state index contributed by atoms with van der Waals surface area (Å²) in [6, 6.07) is 15.0. The van der Waals surface area contributed by atoms with Gasteiger partial charge in [-0.15, -0.1) is 0 Å². The van der Waals surface area contributed by atoms with Crippen LogP contribution < -0.4 is 0 Å². The number of amides is 2. The quantitative estimate of drug-likeness (QED) is 0.681. The standard InChI is InChI=1S/C25H29ClN2O2/c1-17-7-11-19(12-8-17)24-25(30)27(21-13-9-18(2)10-14-21)16-23(29)28(24)15-20-5-3-4-6-22(20)26/h3-8,11-12,18,21,24H,9-10,13-16H2,1-2H3. The molecule has 4 nitrogen and oxygen atoms in total. The second-order valence-electron chi connectivity index (χ2n) is 8.81. The molecule has 0 spiro atoms. The summed E-state index contributed by atoms with van der Waals surface area (Å²) in [7, 11) is 0. The zero-order chi connectivity index (χ0) is 21.3. The van der Waals surface area contributed by atoms with Gasteiger partial charge in [0.25, 0.3) is 5.91 Å². The lowest BCUT2D eigenvalue weighted by Crippen LogP contribution is -2.58. The van der Waals surface area contributed by atoms with Gasteiger partial charge in [0.05, 0.1) is 0 Å². The van der Waals surface area contributed by atoms with Crippen LogP contribution in [0.15, 0.2) is 48.5 Å². The Morgan fingerprint density at radius 3 is 2.30 bits per heavy atom. The maximum Gasteiger partial charge on any atom is 0.250 e. The van der Waals surface area contributed by atoms with Crippen molar-refractivity contribution in [1.29, 1.82) is 0 Å². The van der Waals surface area contributed by atoms with Crippen molar-refractivity contribution in [2.24, 2.45) is 5.92 Å². The Kier molecular flexibility index (Phi) is 6.14. The van der Waals surface area contributed by atoms with Gasteiger partial charge in [-0.2, -0.15) is 0 Å². The van der Waals surface area contributed by atoms with Gasteiger partial charge in [0, 0.05) is 17.6 Å². The molecule has 4 rings (SSSR count). The molecule has 30 heavy (non-hydrogen) atoms. The van der Waals surface area contributed by atoms with Gasteiger partial charge in [0.2, 0.25) is 5.91 Å². The summed E-state index contributed by atoms with van der Waals surface area (Å²) in [6.07, 6.45) is 4.18. The van der Waals surface area contributed by atoms with E-state index in [4.69, 9.17) is 11.6 Å². The van der Waals surface area contributed by atoms with Crippen LogP contribution in [0.4, 0.5) is 0 Å². The molecule has 2 amide bonds. The summed E-state index contributed by atoms with van der Waals surface area (Å²) in [4.78, 5) is 30.6. The number of piperazine rings is 1. The van der Waals surface area contributed by atoms with Crippen LogP contribution in [-0.2, 0) is 16.1 Å². The molecular formula is C25H29ClN2O2. The van der Waals surface area contributed by atoms with Gasteiger partial charge in [-0.05, 0) is 55.7 Å². The fourth-order valence-corrected chi connectivity index (χ4v) is 4.87. The van der Waals surface area contributed by atoms with Crippen molar-refractivity contribution in [2.45, 2.75) is 58.2 Å². The van der Waals surface area contributed by atoms with Crippen LogP contribution in [0.25, 0.3) is 0 Å². The van der Waals surface area contributed by atoms with Crippen molar-refractivity contribution in [3.8, 4) is 0 Å². The topological polar surface area (TPSA) is 40.6 Å². The van der Waals surface area contributed by atoms with E-state index in [1.807, 2.05) is 60.4 Å². The minimum absolute atomic E-state index is 0.0151. The molecule has 0 N–H and O–H groups in total. The smallest absolute Gasteiger partial charge is 0.250 e. The van der Waals surface area contributed by atoms with Gasteiger partial charge in [-0.3, -0.25) is 9.59 Å². The van der Waals surface area contributed by atoms with E-state index in [-0.39, 0.29) is 24.4 Å². The van der Waals surface area contributed by atoms with Gasteiger partial charge in [-0.25, -0.2) is 0 Å². The lowest BCUT2D eigenvalue weighted by atomic mass is 9.85. The molecule has 0 radical (unpaired) electrons. The monoisotopic (exact) mass is 424 g/mol. The minimum atomic E-state index is -0.609. The third-order valence-corrected chi connectivity index (χ3v) is 6.94. The van der Waals surface area contributed by atoms with Crippen molar-refractivity contribution in [1.82, 2.24) is 9.80 Å². The van der Waals surface area contributed by atoms with Crippen molar-refractivity contribution in [3.63, 3.8) is 0 Å². The Morgan fingerprint density at radius 2 is 1.63 bits per heavy atom. The normalized spacial score (nSPS) is 25.0. The lowest BCUT2D eigenvalue weighted by Gasteiger charge is -2.45. The molecular weight excluding hydrogens is 396 g/mol. The third-order valence-electron chi connectivity index (χ3n) is 6.57. The van der Waals surface area contributed by atoms with E-state index in [1.54, 1.807) is 4.90 Å². The molecule has 2 aromatic rings. The fraction of sp³-hybridized carbons (Fsp3) is 0.440. The SMILES string of the molecule is Cc1ccc(C2C(=O)N(C3CCC(C)CC3)CC(=O)N2Cc2ccccc2Cl)cc1. The van der Waals surface area contributed by atoms with E-state index in [0.717, 1.165) is 42.4 Å². The van der Waals surface area contributed by atoms with E-state index in [2.05, 4.69) is 6.92 Å². The number of hydrogen-bond acceptors (Lipinski definition) is 2. The molecule has 1 heterocycles. The third kappa shape index (κ3) is 4.24. The molecule has 1 atom stereocenters. The van der Waals surface area contributed by atoms with E-state index in [1.165, 1.54) is 0 Å². The minimum Gasteiger partial charge on any atom is -0.328 e. The molecule has 1 aliphatic carbocycles. The Balaban J connectivity index is 1.67. The van der Waals surface area contributed by atoms with Crippen molar-refractivity contribution in [3.05, 3.63) is 70.2 Å². The average Bonchev–Trinajstić information content (AvgIpc) is 2.74. The molecule has 1 aliphatic heterocycles. The molecule has 158 valence electrons. The largest absolute Gasteiger partial charge is 0.328 e. The zero-order valence-corrected chi connectivity index (χ0v) is 18.4. The van der Waals surface area contributed by atoms with E-state index >= 15 is 0 Å². The number of hydrogen-bond donors (Lipinski definition) is 0. The summed E-state index contributed by atoms with van der Waals surface area (Å²) >= 11 is 6.37. The molecule has 2 aliphatic rings. The van der Waals surface area contributed by atoms with E-state index < -0.39 is 6.04 Å². The summed E-state index contributed by atoms with van der Waals surface area (Å²) in [5, 5.41) is 0.615. The maximum atomic E-state index is 13.7. The van der Waals surface area contributed by atoms with Gasteiger partial charge in [-0.1, -0.05) is 66.6 Å². The van der Waals surface area contributed by atoms with Gasteiger partial charge in [0.15, 0.2) is 0 Å². The Morgan fingerprint density at radius 1 is 0.967 bits per heavy atom. The number of benzene rings is 2. The molecule has 2 fully saturated rings. The summed E-state index contributed by atoms with van der Waals surface area (Å²) in [5.41, 5.74) is 2.85. The van der Waals surface area contributed by atoms with E-state index in [0.29, 0.717) is 17.5 Å². The molecule has 1 saturated heterocycles. The number of nitrogens with zero attached hydrogens (tertiary/aromatic N) is 2. The number of rotatable bonds is 4. The summed E-state index contributed by atoms with van der Waals surface area (Å²) in [6.45, 7) is 4.78. The van der Waals surface area contributed by atoms with Crippen molar-refractivity contribution >= 4 is 23.4 Å². The van der Waals surface area contributed by atoms with Gasteiger partial charge < -0.3 is 9.80 Å². The van der Waals surface area contributed by atoms with E-state index in [9.17, 15) is 9.59 Å². The highest BCUT2D eigenvalue weighted by Gasteiger charge is 2.43. The van der Waals surface area contributed by atoms with Crippen LogP contribution in [0.5, 0.6) is 0 Å². The lowest BCUT2D eigenvalue weighted by molar-refractivity contribution is -0.160. The highest BCUT2D eigenvalue weighted by molar-refractivity contribution is 6.31. The highest BCUT2D eigenvalue weighted by atomic mass is 35.5. The predicted octanol–water partition coefficient (Wildman–Crippen LogP) is 5.14. The van der Waals surface area contributed by atoms with Crippen LogP contribution in [-0.4, -0.2) is 34.2 Å². The van der Waals surface area contributed by atoms with Crippen LogP contribution in [0.1, 0.15) is 55.3 Å². The molecule has 5 heteroatoms. The Bertz CT molecular complexity index is 919. The second-order valence-corrected chi connectivity index (χ2v) is 9.21. The molecule has 1 saturated carbocycles. The van der Waals surface area contributed by atoms with Gasteiger partial charge >= 0.3 is 0 Å². The Hall–Kier alpha value is -2.33. The molecule has 2 aromatic carbocycles. The number of carbonyl (C=O) groups is 2. The number of halogens is 1. The summed E-state index contributed by atoms with van der Waals surface area (Å²) < 4.78 is 0. The average molecular weight is 425 g/mol. The van der Waals surface area contributed by atoms with Crippen molar-refractivity contribution in [2.75, 3.05) is 6.54 Å². The van der Waals surface area contributed by atoms with Crippen LogP contribution in [0.3, 0.4) is 0 Å². The number of aryl methyl sites for hydroxylation is 1. The molecule has 0 bridgehead atoms. The Labute approximate surface area is 183 Å². The highest BCUT2D eigenvalue weighted by Crippen LogP contribution is 2.35. The van der Waals surface area contributed by atoms with Crippen LogP contribution >= 0.6 is 11.6 Å². The predicted molar refractivity (Wildman–Crippen MR) is 119 cm³/mol. The first kappa shape index (κ1) is 20.9. The second kappa shape index (κ2) is 8.81. The first-order chi connectivity index (χ1) is 14.4. The number of carbonyl (C=O) groups excluding carboxylic acids is 2. The van der Waals surface area contributed by atoms with Gasteiger partial charge in [0.1, 0.15) is 12.6 Å².